The molecule has 0 amide bonds. The van der Waals surface area contributed by atoms with Gasteiger partial charge in [0.1, 0.15) is 5.76 Å². The lowest BCUT2D eigenvalue weighted by Gasteiger charge is -2.31. The fraction of sp³-hybridized carbons (Fsp3) is 0.733. The van der Waals surface area contributed by atoms with E-state index in [1.165, 1.54) is 24.2 Å². The zero-order valence-corrected chi connectivity index (χ0v) is 12.1. The van der Waals surface area contributed by atoms with Gasteiger partial charge >= 0.3 is 0 Å². The third-order valence-corrected chi connectivity index (χ3v) is 4.06. The molecule has 0 bridgehead atoms. The minimum absolute atomic E-state index is 0.480. The topological polar surface area (TPSA) is 28.4 Å². The fourth-order valence-corrected chi connectivity index (χ4v) is 2.98. The molecule has 1 heterocycles. The highest BCUT2D eigenvalue weighted by molar-refractivity contribution is 5.24. The van der Waals surface area contributed by atoms with Gasteiger partial charge in [-0.05, 0) is 38.9 Å². The Kier molecular flexibility index (Phi) is 4.46. The average molecular weight is 250 g/mol. The van der Waals surface area contributed by atoms with Crippen molar-refractivity contribution in [3.8, 4) is 0 Å². The molecule has 0 saturated heterocycles. The number of hydrogen-bond donors (Lipinski definition) is 1. The normalized spacial score (nSPS) is 21.3. The molecule has 0 aromatic carbocycles. The van der Waals surface area contributed by atoms with E-state index in [0.717, 1.165) is 13.0 Å². The Morgan fingerprint density at radius 2 is 2.22 bits per heavy atom. The number of hydrogen-bond acceptors (Lipinski definition) is 3. The van der Waals surface area contributed by atoms with Crippen molar-refractivity contribution in [1.82, 2.24) is 10.2 Å². The Balaban J connectivity index is 1.95. The summed E-state index contributed by atoms with van der Waals surface area (Å²) in [5.74, 6) is 1.85. The monoisotopic (exact) mass is 250 g/mol. The van der Waals surface area contributed by atoms with Crippen molar-refractivity contribution in [2.45, 2.75) is 45.2 Å². The molecular formula is C15H26N2O. The first-order chi connectivity index (χ1) is 8.59. The summed E-state index contributed by atoms with van der Waals surface area (Å²) in [5.41, 5.74) is 1.38. The number of rotatable bonds is 5. The van der Waals surface area contributed by atoms with E-state index in [1.54, 1.807) is 0 Å². The van der Waals surface area contributed by atoms with Crippen LogP contribution in [0.5, 0.6) is 0 Å². The van der Waals surface area contributed by atoms with Gasteiger partial charge in [0.2, 0.25) is 0 Å². The van der Waals surface area contributed by atoms with Crippen molar-refractivity contribution in [2.24, 2.45) is 5.92 Å². The zero-order valence-electron chi connectivity index (χ0n) is 12.1. The lowest BCUT2D eigenvalue weighted by molar-refractivity contribution is 0.215. The van der Waals surface area contributed by atoms with Crippen molar-refractivity contribution in [1.29, 1.82) is 0 Å². The van der Waals surface area contributed by atoms with Gasteiger partial charge in [-0.1, -0.05) is 13.8 Å². The van der Waals surface area contributed by atoms with E-state index in [4.69, 9.17) is 4.42 Å². The molecule has 1 aliphatic rings. The summed E-state index contributed by atoms with van der Waals surface area (Å²) >= 11 is 0. The molecular weight excluding hydrogens is 224 g/mol. The van der Waals surface area contributed by atoms with Gasteiger partial charge in [-0.15, -0.1) is 0 Å². The van der Waals surface area contributed by atoms with Gasteiger partial charge in [0.25, 0.3) is 0 Å². The summed E-state index contributed by atoms with van der Waals surface area (Å²) < 4.78 is 5.54. The van der Waals surface area contributed by atoms with Gasteiger partial charge in [0.05, 0.1) is 6.26 Å². The maximum absolute atomic E-state index is 5.54. The highest BCUT2D eigenvalue weighted by Gasteiger charge is 2.24. The molecule has 2 rings (SSSR count). The van der Waals surface area contributed by atoms with Crippen LogP contribution in [0, 0.1) is 5.92 Å². The molecule has 3 heteroatoms. The maximum Gasteiger partial charge on any atom is 0.108 e. The molecule has 3 nitrogen and oxygen atoms in total. The highest BCUT2D eigenvalue weighted by Crippen LogP contribution is 2.30. The summed E-state index contributed by atoms with van der Waals surface area (Å²) in [4.78, 5) is 2.32. The third-order valence-electron chi connectivity index (χ3n) is 4.06. The Hall–Kier alpha value is -0.800. The Bertz CT molecular complexity index is 362. The number of nitrogens with one attached hydrogen (secondary N) is 1. The van der Waals surface area contributed by atoms with Gasteiger partial charge in [0.15, 0.2) is 0 Å². The molecule has 0 radical (unpaired) electrons. The molecule has 0 aliphatic heterocycles. The smallest absolute Gasteiger partial charge is 0.108 e. The van der Waals surface area contributed by atoms with Crippen LogP contribution in [-0.2, 0) is 6.42 Å². The van der Waals surface area contributed by atoms with Gasteiger partial charge in [-0.3, -0.25) is 0 Å². The van der Waals surface area contributed by atoms with Crippen LogP contribution in [0.3, 0.4) is 0 Å². The maximum atomic E-state index is 5.54. The lowest BCUT2D eigenvalue weighted by atomic mass is 9.93. The second-order valence-corrected chi connectivity index (χ2v) is 5.93. The second kappa shape index (κ2) is 5.89. The first-order valence-corrected chi connectivity index (χ1v) is 7.05. The summed E-state index contributed by atoms with van der Waals surface area (Å²) in [6.45, 7) is 5.62. The molecule has 2 unspecified atom stereocenters. The summed E-state index contributed by atoms with van der Waals surface area (Å²) in [6, 6.07) is 3.20. The first-order valence-electron chi connectivity index (χ1n) is 7.05. The first kappa shape index (κ1) is 13.6. The van der Waals surface area contributed by atoms with Gasteiger partial charge in [-0.2, -0.15) is 0 Å². The van der Waals surface area contributed by atoms with Crippen LogP contribution in [-0.4, -0.2) is 31.6 Å². The standard InChI is InChI=1S/C15H26N2O/c1-11(2)14(17(3)4)10-16-13-6-5-7-15-12(13)8-9-18-15/h8-9,11,13-14,16H,5-7,10H2,1-4H3. The van der Waals surface area contributed by atoms with Crippen molar-refractivity contribution in [2.75, 3.05) is 20.6 Å². The second-order valence-electron chi connectivity index (χ2n) is 5.93. The molecule has 1 aromatic heterocycles. The van der Waals surface area contributed by atoms with Gasteiger partial charge < -0.3 is 14.6 Å². The van der Waals surface area contributed by atoms with Crippen LogP contribution in [0.4, 0.5) is 0 Å². The van der Waals surface area contributed by atoms with Crippen LogP contribution in [0.2, 0.25) is 0 Å². The minimum Gasteiger partial charge on any atom is -0.469 e. The number of aryl methyl sites for hydroxylation is 1. The van der Waals surface area contributed by atoms with E-state index < -0.39 is 0 Å². The van der Waals surface area contributed by atoms with Crippen LogP contribution >= 0.6 is 0 Å². The van der Waals surface area contributed by atoms with E-state index in [2.05, 4.69) is 44.2 Å². The summed E-state index contributed by atoms with van der Waals surface area (Å²) in [7, 11) is 4.33. The molecule has 0 spiro atoms. The van der Waals surface area contributed by atoms with Crippen molar-refractivity contribution in [3.63, 3.8) is 0 Å². The number of nitrogens with zero attached hydrogens (tertiary/aromatic N) is 1. The number of likely N-dealkylation sites (N-methyl/N-ethyl adjacent to an activating group) is 1. The van der Waals surface area contributed by atoms with E-state index in [9.17, 15) is 0 Å². The van der Waals surface area contributed by atoms with Crippen LogP contribution in [0.15, 0.2) is 16.7 Å². The van der Waals surface area contributed by atoms with E-state index in [1.807, 2.05) is 6.26 Å². The van der Waals surface area contributed by atoms with Gasteiger partial charge in [0, 0.05) is 30.6 Å². The highest BCUT2D eigenvalue weighted by atomic mass is 16.3. The van der Waals surface area contributed by atoms with Gasteiger partial charge in [-0.25, -0.2) is 0 Å². The Labute approximate surface area is 111 Å². The Morgan fingerprint density at radius 1 is 1.44 bits per heavy atom. The van der Waals surface area contributed by atoms with Crippen LogP contribution in [0.1, 0.15) is 44.1 Å². The van der Waals surface area contributed by atoms with Crippen LogP contribution < -0.4 is 5.32 Å². The van der Waals surface area contributed by atoms with E-state index in [0.29, 0.717) is 18.0 Å². The van der Waals surface area contributed by atoms with Crippen LogP contribution in [0.25, 0.3) is 0 Å². The third kappa shape index (κ3) is 2.96. The molecule has 0 fully saturated rings. The predicted molar refractivity (Wildman–Crippen MR) is 74.7 cm³/mol. The predicted octanol–water partition coefficient (Wildman–Crippen LogP) is 2.83. The molecule has 18 heavy (non-hydrogen) atoms. The van der Waals surface area contributed by atoms with E-state index >= 15 is 0 Å². The molecule has 1 N–H and O–H groups in total. The molecule has 1 aliphatic carbocycles. The van der Waals surface area contributed by atoms with E-state index in [-0.39, 0.29) is 0 Å². The largest absolute Gasteiger partial charge is 0.469 e. The number of fused-ring (bicyclic) bond motifs is 1. The number of furan rings is 1. The summed E-state index contributed by atoms with van der Waals surface area (Å²) in [5, 5.41) is 3.72. The molecule has 0 saturated carbocycles. The average Bonchev–Trinajstić information content (AvgIpc) is 2.77. The molecule has 2 atom stereocenters. The molecule has 1 aromatic rings. The van der Waals surface area contributed by atoms with Crippen molar-refractivity contribution < 1.29 is 4.42 Å². The van der Waals surface area contributed by atoms with Crippen molar-refractivity contribution in [3.05, 3.63) is 23.7 Å². The SMILES string of the molecule is CC(C)C(CNC1CCCc2occc21)N(C)C. The fourth-order valence-electron chi connectivity index (χ4n) is 2.98. The Morgan fingerprint density at radius 3 is 2.89 bits per heavy atom. The van der Waals surface area contributed by atoms with Crippen molar-refractivity contribution >= 4 is 0 Å². The lowest BCUT2D eigenvalue weighted by Crippen LogP contribution is -2.43. The summed E-state index contributed by atoms with van der Waals surface area (Å²) in [6.07, 6.45) is 5.38. The quantitative estimate of drug-likeness (QED) is 0.871. The zero-order chi connectivity index (χ0) is 13.1. The molecule has 102 valence electrons. The minimum atomic E-state index is 0.480.